The van der Waals surface area contributed by atoms with Gasteiger partial charge in [0.25, 0.3) is 0 Å². The van der Waals surface area contributed by atoms with Crippen LogP contribution in [-0.4, -0.2) is 41.9 Å². The fourth-order valence-corrected chi connectivity index (χ4v) is 3.58. The standard InChI is InChI=1S/C22H29N3O.C2H6/c1-16-6-8-17(9-7-16)14-15-25-20(24(5)22(2,3)21(25)26)18-10-12-19(23-4)13-11-18;1-2/h6-13,20,23H,14-15H2,1-5H3;1-2H3. The lowest BCUT2D eigenvalue weighted by Crippen LogP contribution is -2.41. The van der Waals surface area contributed by atoms with E-state index in [0.717, 1.165) is 17.7 Å². The third kappa shape index (κ3) is 4.39. The lowest BCUT2D eigenvalue weighted by Gasteiger charge is -2.30. The van der Waals surface area contributed by atoms with E-state index in [9.17, 15) is 4.79 Å². The van der Waals surface area contributed by atoms with Crippen molar-refractivity contribution in [1.29, 1.82) is 0 Å². The third-order valence-corrected chi connectivity index (χ3v) is 5.59. The third-order valence-electron chi connectivity index (χ3n) is 5.59. The van der Waals surface area contributed by atoms with Crippen molar-refractivity contribution in [3.8, 4) is 0 Å². The van der Waals surface area contributed by atoms with Gasteiger partial charge in [-0.25, -0.2) is 0 Å². The van der Waals surface area contributed by atoms with Gasteiger partial charge in [0.2, 0.25) is 5.91 Å². The molecule has 1 amide bonds. The Kier molecular flexibility index (Phi) is 7.25. The molecule has 0 aliphatic carbocycles. The van der Waals surface area contributed by atoms with Crippen LogP contribution >= 0.6 is 0 Å². The molecule has 2 aromatic rings. The minimum Gasteiger partial charge on any atom is -0.388 e. The second kappa shape index (κ2) is 9.24. The Labute approximate surface area is 170 Å². The number of anilines is 1. The van der Waals surface area contributed by atoms with Gasteiger partial charge >= 0.3 is 0 Å². The van der Waals surface area contributed by atoms with Crippen LogP contribution in [0.15, 0.2) is 48.5 Å². The van der Waals surface area contributed by atoms with Gasteiger partial charge in [-0.1, -0.05) is 55.8 Å². The van der Waals surface area contributed by atoms with Crippen molar-refractivity contribution in [2.45, 2.75) is 52.7 Å². The van der Waals surface area contributed by atoms with Crippen LogP contribution in [0.5, 0.6) is 0 Å². The Morgan fingerprint density at radius 3 is 2.11 bits per heavy atom. The zero-order valence-electron chi connectivity index (χ0n) is 18.4. The summed E-state index contributed by atoms with van der Waals surface area (Å²) in [5, 5.41) is 3.15. The molecule has 1 atom stereocenters. The SMILES string of the molecule is CC.CNc1ccc(C2N(CCc3ccc(C)cc3)C(=O)C(C)(C)N2C)cc1. The molecule has 4 nitrogen and oxygen atoms in total. The van der Waals surface area contributed by atoms with Gasteiger partial charge in [-0.2, -0.15) is 0 Å². The van der Waals surface area contributed by atoms with Gasteiger partial charge in [0.1, 0.15) is 6.17 Å². The Hall–Kier alpha value is -2.33. The summed E-state index contributed by atoms with van der Waals surface area (Å²) in [5.41, 5.74) is 4.24. The summed E-state index contributed by atoms with van der Waals surface area (Å²) in [7, 11) is 3.96. The number of nitrogens with one attached hydrogen (secondary N) is 1. The van der Waals surface area contributed by atoms with E-state index in [2.05, 4.69) is 65.7 Å². The molecule has 0 spiro atoms. The number of amides is 1. The maximum atomic E-state index is 13.1. The van der Waals surface area contributed by atoms with Gasteiger partial charge in [0, 0.05) is 19.3 Å². The number of carbonyl (C=O) groups excluding carboxylic acids is 1. The second-order valence-electron chi connectivity index (χ2n) is 7.65. The molecular weight excluding hydrogens is 346 g/mol. The van der Waals surface area contributed by atoms with Crippen LogP contribution in [0.1, 0.15) is 50.6 Å². The molecule has 152 valence electrons. The maximum Gasteiger partial charge on any atom is 0.244 e. The largest absolute Gasteiger partial charge is 0.388 e. The number of hydrogen-bond acceptors (Lipinski definition) is 3. The van der Waals surface area contributed by atoms with E-state index in [4.69, 9.17) is 0 Å². The van der Waals surface area contributed by atoms with Gasteiger partial charge in [0.15, 0.2) is 0 Å². The smallest absolute Gasteiger partial charge is 0.244 e. The van der Waals surface area contributed by atoms with Crippen LogP contribution in [-0.2, 0) is 11.2 Å². The predicted octanol–water partition coefficient (Wildman–Crippen LogP) is 4.86. The van der Waals surface area contributed by atoms with Crippen molar-refractivity contribution in [3.05, 3.63) is 65.2 Å². The molecule has 0 radical (unpaired) electrons. The Morgan fingerprint density at radius 1 is 1.00 bits per heavy atom. The molecule has 1 N–H and O–H groups in total. The quantitative estimate of drug-likeness (QED) is 0.804. The number of likely N-dealkylation sites (N-methyl/N-ethyl adjacent to an activating group) is 1. The first kappa shape index (κ1) is 22.0. The molecule has 0 aromatic heterocycles. The number of nitrogens with zero attached hydrogens (tertiary/aromatic N) is 2. The molecule has 1 aliphatic heterocycles. The zero-order valence-corrected chi connectivity index (χ0v) is 18.4. The number of aryl methyl sites for hydroxylation is 1. The minimum absolute atomic E-state index is 0.0335. The number of carbonyl (C=O) groups is 1. The Morgan fingerprint density at radius 2 is 1.57 bits per heavy atom. The summed E-state index contributed by atoms with van der Waals surface area (Å²) < 4.78 is 0. The highest BCUT2D eigenvalue weighted by molar-refractivity contribution is 5.88. The predicted molar refractivity (Wildman–Crippen MR) is 119 cm³/mol. The van der Waals surface area contributed by atoms with E-state index in [1.165, 1.54) is 11.1 Å². The summed E-state index contributed by atoms with van der Waals surface area (Å²) in [5.74, 6) is 0.190. The van der Waals surface area contributed by atoms with Crippen molar-refractivity contribution in [2.24, 2.45) is 0 Å². The fourth-order valence-electron chi connectivity index (χ4n) is 3.58. The monoisotopic (exact) mass is 381 g/mol. The fraction of sp³-hybridized carbons (Fsp3) is 0.458. The van der Waals surface area contributed by atoms with Crippen molar-refractivity contribution in [1.82, 2.24) is 9.80 Å². The summed E-state index contributed by atoms with van der Waals surface area (Å²) in [4.78, 5) is 17.3. The molecule has 3 rings (SSSR count). The van der Waals surface area contributed by atoms with Crippen LogP contribution in [0.3, 0.4) is 0 Å². The molecule has 1 saturated heterocycles. The molecule has 4 heteroatoms. The van der Waals surface area contributed by atoms with Crippen LogP contribution in [0.4, 0.5) is 5.69 Å². The normalized spacial score (nSPS) is 18.6. The van der Waals surface area contributed by atoms with E-state index in [1.807, 2.05) is 46.7 Å². The van der Waals surface area contributed by atoms with Crippen molar-refractivity contribution >= 4 is 11.6 Å². The Balaban J connectivity index is 0.00000136. The first-order valence-corrected chi connectivity index (χ1v) is 10.2. The average molecular weight is 382 g/mol. The molecule has 28 heavy (non-hydrogen) atoms. The highest BCUT2D eigenvalue weighted by Gasteiger charge is 2.49. The van der Waals surface area contributed by atoms with E-state index in [0.29, 0.717) is 6.54 Å². The molecule has 2 aromatic carbocycles. The van der Waals surface area contributed by atoms with Crippen LogP contribution in [0.2, 0.25) is 0 Å². The van der Waals surface area contributed by atoms with Gasteiger partial charge in [0.05, 0.1) is 5.54 Å². The summed E-state index contributed by atoms with van der Waals surface area (Å²) >= 11 is 0. The van der Waals surface area contributed by atoms with Gasteiger partial charge in [-0.15, -0.1) is 0 Å². The molecule has 0 bridgehead atoms. The minimum atomic E-state index is -0.500. The van der Waals surface area contributed by atoms with Crippen molar-refractivity contribution in [3.63, 3.8) is 0 Å². The summed E-state index contributed by atoms with van der Waals surface area (Å²) in [6, 6.07) is 16.9. The van der Waals surface area contributed by atoms with Crippen LogP contribution in [0, 0.1) is 6.92 Å². The molecule has 1 heterocycles. The highest BCUT2D eigenvalue weighted by Crippen LogP contribution is 2.39. The van der Waals surface area contributed by atoms with Gasteiger partial charge < -0.3 is 10.2 Å². The van der Waals surface area contributed by atoms with Gasteiger partial charge in [-0.3, -0.25) is 9.69 Å². The van der Waals surface area contributed by atoms with Crippen LogP contribution in [0.25, 0.3) is 0 Å². The van der Waals surface area contributed by atoms with E-state index in [1.54, 1.807) is 0 Å². The number of hydrogen-bond donors (Lipinski definition) is 1. The van der Waals surface area contributed by atoms with E-state index < -0.39 is 5.54 Å². The molecular formula is C24H35N3O. The molecule has 1 fully saturated rings. The molecule has 0 saturated carbocycles. The highest BCUT2D eigenvalue weighted by atomic mass is 16.2. The van der Waals surface area contributed by atoms with Crippen molar-refractivity contribution < 1.29 is 4.79 Å². The number of benzene rings is 2. The second-order valence-corrected chi connectivity index (χ2v) is 7.65. The molecule has 1 aliphatic rings. The topological polar surface area (TPSA) is 35.6 Å². The van der Waals surface area contributed by atoms with E-state index in [-0.39, 0.29) is 12.1 Å². The molecule has 1 unspecified atom stereocenters. The van der Waals surface area contributed by atoms with Gasteiger partial charge in [-0.05, 0) is 57.5 Å². The van der Waals surface area contributed by atoms with Crippen molar-refractivity contribution in [2.75, 3.05) is 26.0 Å². The number of rotatable bonds is 5. The Bertz CT molecular complexity index is 765. The van der Waals surface area contributed by atoms with Crippen LogP contribution < -0.4 is 5.32 Å². The first-order chi connectivity index (χ1) is 13.3. The van der Waals surface area contributed by atoms with E-state index >= 15 is 0 Å². The average Bonchev–Trinajstić information content (AvgIpc) is 2.89. The summed E-state index contributed by atoms with van der Waals surface area (Å²) in [6.07, 6.45) is 0.829. The zero-order chi connectivity index (χ0) is 20.9. The lowest BCUT2D eigenvalue weighted by atomic mass is 10.0. The lowest BCUT2D eigenvalue weighted by molar-refractivity contribution is -0.132. The first-order valence-electron chi connectivity index (χ1n) is 10.2. The maximum absolute atomic E-state index is 13.1. The summed E-state index contributed by atoms with van der Waals surface area (Å²) in [6.45, 7) is 10.8.